The van der Waals surface area contributed by atoms with Gasteiger partial charge in [0, 0.05) is 15.6 Å². The second kappa shape index (κ2) is 3.72. The van der Waals surface area contributed by atoms with Crippen molar-refractivity contribution >= 4 is 21.4 Å². The first kappa shape index (κ1) is 9.55. The van der Waals surface area contributed by atoms with Crippen molar-refractivity contribution in [1.82, 2.24) is 0 Å². The van der Waals surface area contributed by atoms with Gasteiger partial charge in [0.1, 0.15) is 5.82 Å². The third-order valence-electron chi connectivity index (χ3n) is 2.62. The van der Waals surface area contributed by atoms with E-state index in [1.807, 2.05) is 18.2 Å². The minimum atomic E-state index is -0.187. The minimum absolute atomic E-state index is 0.187. The summed E-state index contributed by atoms with van der Waals surface area (Å²) in [4.78, 5) is 0. The first-order valence-electron chi connectivity index (χ1n) is 5.07. The van der Waals surface area contributed by atoms with Crippen molar-refractivity contribution in [3.05, 3.63) is 59.7 Å². The lowest BCUT2D eigenvalue weighted by Crippen LogP contribution is -1.77. The van der Waals surface area contributed by atoms with Crippen molar-refractivity contribution in [2.24, 2.45) is 0 Å². The zero-order valence-corrected chi connectivity index (χ0v) is 9.30. The Balaban J connectivity index is 2.26. The largest absolute Gasteiger partial charge is 0.207 e. The third-order valence-corrected chi connectivity index (χ3v) is 3.58. The van der Waals surface area contributed by atoms with E-state index < -0.39 is 0 Å². The Kier molecular flexibility index (Phi) is 2.22. The molecule has 0 unspecified atom stereocenters. The Labute approximate surface area is 97.0 Å². The van der Waals surface area contributed by atoms with Crippen LogP contribution in [-0.2, 0) is 0 Å². The van der Waals surface area contributed by atoms with Gasteiger partial charge in [-0.2, -0.15) is 0 Å². The highest BCUT2D eigenvalue weighted by Crippen LogP contribution is 2.33. The number of thiophene rings is 1. The standard InChI is InChI=1S/C14H9FS/c15-11-5-3-4-10(8-11)13-9-16-14-7-2-1-6-12(13)14/h1-9H. The molecule has 0 saturated carbocycles. The van der Waals surface area contributed by atoms with Gasteiger partial charge in [-0.3, -0.25) is 0 Å². The average Bonchev–Trinajstić information content (AvgIpc) is 2.72. The van der Waals surface area contributed by atoms with Gasteiger partial charge in [0.2, 0.25) is 0 Å². The normalized spacial score (nSPS) is 10.8. The van der Waals surface area contributed by atoms with E-state index in [9.17, 15) is 4.39 Å². The van der Waals surface area contributed by atoms with E-state index in [4.69, 9.17) is 0 Å². The van der Waals surface area contributed by atoms with Crippen LogP contribution in [0.3, 0.4) is 0 Å². The molecule has 0 aliphatic rings. The fourth-order valence-electron chi connectivity index (χ4n) is 1.86. The second-order valence-electron chi connectivity index (χ2n) is 3.66. The number of rotatable bonds is 1. The smallest absolute Gasteiger partial charge is 0.123 e. The molecule has 0 aliphatic heterocycles. The van der Waals surface area contributed by atoms with E-state index in [1.54, 1.807) is 23.5 Å². The van der Waals surface area contributed by atoms with Crippen LogP contribution in [0.2, 0.25) is 0 Å². The summed E-state index contributed by atoms with van der Waals surface area (Å²) < 4.78 is 14.4. The van der Waals surface area contributed by atoms with E-state index in [0.717, 1.165) is 11.1 Å². The van der Waals surface area contributed by atoms with Crippen LogP contribution >= 0.6 is 11.3 Å². The Morgan fingerprint density at radius 2 is 1.81 bits per heavy atom. The van der Waals surface area contributed by atoms with Gasteiger partial charge in [0.05, 0.1) is 0 Å². The molecule has 2 aromatic carbocycles. The molecule has 0 aliphatic carbocycles. The highest BCUT2D eigenvalue weighted by Gasteiger charge is 2.05. The molecule has 0 radical (unpaired) electrons. The van der Waals surface area contributed by atoms with Gasteiger partial charge in [-0.15, -0.1) is 11.3 Å². The molecule has 2 heteroatoms. The van der Waals surface area contributed by atoms with E-state index in [-0.39, 0.29) is 5.82 Å². The molecule has 0 N–H and O–H groups in total. The molecular weight excluding hydrogens is 219 g/mol. The van der Waals surface area contributed by atoms with E-state index in [2.05, 4.69) is 17.5 Å². The van der Waals surface area contributed by atoms with E-state index in [1.165, 1.54) is 16.2 Å². The van der Waals surface area contributed by atoms with Crippen LogP contribution in [0, 0.1) is 5.82 Å². The Bertz CT molecular complexity index is 640. The fraction of sp³-hybridized carbons (Fsp3) is 0. The topological polar surface area (TPSA) is 0 Å². The lowest BCUT2D eigenvalue weighted by Gasteiger charge is -1.99. The van der Waals surface area contributed by atoms with Crippen LogP contribution in [0.4, 0.5) is 4.39 Å². The molecular formula is C14H9FS. The van der Waals surface area contributed by atoms with Gasteiger partial charge in [-0.25, -0.2) is 4.39 Å². The fourth-order valence-corrected chi connectivity index (χ4v) is 2.83. The zero-order valence-electron chi connectivity index (χ0n) is 8.48. The number of halogens is 1. The predicted octanol–water partition coefficient (Wildman–Crippen LogP) is 4.71. The van der Waals surface area contributed by atoms with Gasteiger partial charge >= 0.3 is 0 Å². The molecule has 0 spiro atoms. The molecule has 1 aromatic heterocycles. The highest BCUT2D eigenvalue weighted by atomic mass is 32.1. The lowest BCUT2D eigenvalue weighted by molar-refractivity contribution is 0.628. The third kappa shape index (κ3) is 1.51. The van der Waals surface area contributed by atoms with Crippen LogP contribution in [0.15, 0.2) is 53.9 Å². The summed E-state index contributed by atoms with van der Waals surface area (Å²) in [5.41, 5.74) is 2.05. The van der Waals surface area contributed by atoms with Crippen molar-refractivity contribution in [2.75, 3.05) is 0 Å². The molecule has 3 aromatic rings. The maximum absolute atomic E-state index is 13.2. The first-order valence-corrected chi connectivity index (χ1v) is 5.95. The molecule has 16 heavy (non-hydrogen) atoms. The van der Waals surface area contributed by atoms with Gasteiger partial charge in [0.15, 0.2) is 0 Å². The van der Waals surface area contributed by atoms with Crippen molar-refractivity contribution in [3.63, 3.8) is 0 Å². The summed E-state index contributed by atoms with van der Waals surface area (Å²) in [6.07, 6.45) is 0. The second-order valence-corrected chi connectivity index (χ2v) is 4.57. The molecule has 3 rings (SSSR count). The van der Waals surface area contributed by atoms with Gasteiger partial charge in [-0.05, 0) is 29.1 Å². The van der Waals surface area contributed by atoms with E-state index >= 15 is 0 Å². The van der Waals surface area contributed by atoms with Crippen LogP contribution < -0.4 is 0 Å². The molecule has 0 atom stereocenters. The lowest BCUT2D eigenvalue weighted by atomic mass is 10.1. The molecule has 0 fully saturated rings. The van der Waals surface area contributed by atoms with Crippen molar-refractivity contribution in [1.29, 1.82) is 0 Å². The van der Waals surface area contributed by atoms with Crippen LogP contribution in [0.5, 0.6) is 0 Å². The van der Waals surface area contributed by atoms with Crippen molar-refractivity contribution < 1.29 is 4.39 Å². The summed E-state index contributed by atoms with van der Waals surface area (Å²) >= 11 is 1.69. The van der Waals surface area contributed by atoms with Gasteiger partial charge in [0.25, 0.3) is 0 Å². The van der Waals surface area contributed by atoms with Crippen molar-refractivity contribution in [2.45, 2.75) is 0 Å². The summed E-state index contributed by atoms with van der Waals surface area (Å²) in [5, 5.41) is 3.28. The molecule has 0 nitrogen and oxygen atoms in total. The van der Waals surface area contributed by atoms with E-state index in [0.29, 0.717) is 0 Å². The Morgan fingerprint density at radius 3 is 2.69 bits per heavy atom. The van der Waals surface area contributed by atoms with Crippen LogP contribution in [-0.4, -0.2) is 0 Å². The summed E-state index contributed by atoms with van der Waals surface area (Å²) in [5.74, 6) is -0.187. The molecule has 0 bridgehead atoms. The molecule has 0 amide bonds. The maximum atomic E-state index is 13.2. The van der Waals surface area contributed by atoms with Gasteiger partial charge < -0.3 is 0 Å². The summed E-state index contributed by atoms with van der Waals surface area (Å²) in [6.45, 7) is 0. The summed E-state index contributed by atoms with van der Waals surface area (Å²) in [6, 6.07) is 14.9. The maximum Gasteiger partial charge on any atom is 0.123 e. The predicted molar refractivity (Wildman–Crippen MR) is 67.2 cm³/mol. The quantitative estimate of drug-likeness (QED) is 0.566. The highest BCUT2D eigenvalue weighted by molar-refractivity contribution is 7.17. The number of benzene rings is 2. The van der Waals surface area contributed by atoms with Crippen molar-refractivity contribution in [3.8, 4) is 11.1 Å². The first-order chi connectivity index (χ1) is 7.84. The molecule has 78 valence electrons. The average molecular weight is 228 g/mol. The minimum Gasteiger partial charge on any atom is -0.207 e. The van der Waals surface area contributed by atoms with Crippen LogP contribution in [0.1, 0.15) is 0 Å². The van der Waals surface area contributed by atoms with Crippen LogP contribution in [0.25, 0.3) is 21.2 Å². The number of hydrogen-bond donors (Lipinski definition) is 0. The monoisotopic (exact) mass is 228 g/mol. The summed E-state index contributed by atoms with van der Waals surface area (Å²) in [7, 11) is 0. The Hall–Kier alpha value is -1.67. The molecule has 0 saturated heterocycles. The number of fused-ring (bicyclic) bond motifs is 1. The zero-order chi connectivity index (χ0) is 11.0. The Morgan fingerprint density at radius 1 is 0.938 bits per heavy atom. The SMILES string of the molecule is Fc1cccc(-c2csc3ccccc23)c1. The molecule has 1 heterocycles. The number of hydrogen-bond acceptors (Lipinski definition) is 1. The van der Waals surface area contributed by atoms with Gasteiger partial charge in [-0.1, -0.05) is 30.3 Å².